The minimum Gasteiger partial charge on any atom is -0.493 e. The quantitative estimate of drug-likeness (QED) is 0.528. The van der Waals surface area contributed by atoms with Crippen LogP contribution in [0, 0.1) is 0 Å². The zero-order chi connectivity index (χ0) is 17.5. The molecule has 1 aliphatic rings. The molecule has 3 aromatic carbocycles. The molecule has 0 bridgehead atoms. The molecule has 6 heteroatoms. The summed E-state index contributed by atoms with van der Waals surface area (Å²) in [7, 11) is -4.30. The van der Waals surface area contributed by atoms with Gasteiger partial charge in [-0.25, -0.2) is 0 Å². The smallest absolute Gasteiger partial charge is 0.157 e. The van der Waals surface area contributed by atoms with Crippen molar-refractivity contribution in [2.24, 2.45) is 0 Å². The van der Waals surface area contributed by atoms with Crippen LogP contribution < -0.4 is 20.7 Å². The molecule has 0 aliphatic carbocycles. The van der Waals surface area contributed by atoms with E-state index < -0.39 is 16.8 Å². The van der Waals surface area contributed by atoms with Crippen LogP contribution in [0.4, 0.5) is 0 Å². The van der Waals surface area contributed by atoms with Crippen molar-refractivity contribution >= 4 is 39.0 Å². The molecule has 0 spiro atoms. The van der Waals surface area contributed by atoms with Crippen LogP contribution in [0.3, 0.4) is 0 Å². The van der Waals surface area contributed by atoms with Crippen LogP contribution in [0.1, 0.15) is 0 Å². The largest absolute Gasteiger partial charge is 0.493 e. The van der Waals surface area contributed by atoms with Crippen LogP contribution in [-0.4, -0.2) is 21.8 Å². The maximum atomic E-state index is 12.9. The highest BCUT2D eigenvalue weighted by Crippen LogP contribution is 2.61. The van der Waals surface area contributed by atoms with Gasteiger partial charge >= 0.3 is 0 Å². The van der Waals surface area contributed by atoms with Gasteiger partial charge in [-0.2, -0.15) is 0 Å². The lowest BCUT2D eigenvalue weighted by Crippen LogP contribution is -2.32. The zero-order valence-electron chi connectivity index (χ0n) is 13.7. The lowest BCUT2D eigenvalue weighted by molar-refractivity contribution is 0.418. The third-order valence-corrected chi connectivity index (χ3v) is 11.4. The minimum absolute atomic E-state index is 0.401. The fraction of sp³-hybridized carbons (Fsp3) is 0.0526. The van der Waals surface area contributed by atoms with E-state index in [-0.39, 0.29) is 0 Å². The van der Waals surface area contributed by atoms with Gasteiger partial charge in [-0.05, 0) is 36.4 Å². The third-order valence-electron chi connectivity index (χ3n) is 4.48. The van der Waals surface area contributed by atoms with Crippen molar-refractivity contribution in [2.45, 2.75) is 4.90 Å². The molecule has 1 heterocycles. The lowest BCUT2D eigenvalue weighted by Gasteiger charge is -2.33. The number of para-hydroxylation sites is 1. The Morgan fingerprint density at radius 3 is 2.12 bits per heavy atom. The van der Waals surface area contributed by atoms with E-state index in [9.17, 15) is 8.42 Å². The molecule has 124 valence electrons. The third kappa shape index (κ3) is 2.42. The standard InChI is InChI=1S/C19H16BO3PS/c1-23-16-11-5-6-12-17(16)24(15-9-3-2-4-10-15)18-13-7-8-14-19(18)25(21,22)20-24/h2-14H,1H3. The molecule has 3 aromatic rings. The van der Waals surface area contributed by atoms with E-state index in [1.165, 1.54) is 0 Å². The van der Waals surface area contributed by atoms with Crippen molar-refractivity contribution in [1.29, 1.82) is 0 Å². The Kier molecular flexibility index (Phi) is 3.94. The highest BCUT2D eigenvalue weighted by Gasteiger charge is 2.47. The minimum atomic E-state index is -3.47. The lowest BCUT2D eigenvalue weighted by atomic mass is 10.3. The molecule has 0 aromatic heterocycles. The molecular weight excluding hydrogens is 350 g/mol. The number of ether oxygens (including phenoxy) is 1. The van der Waals surface area contributed by atoms with Gasteiger partial charge in [-0.15, -0.1) is 0 Å². The summed E-state index contributed by atoms with van der Waals surface area (Å²) < 4.78 is 31.5. The second-order valence-electron chi connectivity index (χ2n) is 5.85. The number of methoxy groups -OCH3 is 1. The van der Waals surface area contributed by atoms with Gasteiger partial charge in [0.05, 0.1) is 27.9 Å². The second-order valence-corrected chi connectivity index (χ2v) is 11.1. The molecular formula is C19H16BO3PS. The van der Waals surface area contributed by atoms with Crippen molar-refractivity contribution in [2.75, 3.05) is 7.11 Å². The van der Waals surface area contributed by atoms with E-state index in [1.54, 1.807) is 25.5 Å². The van der Waals surface area contributed by atoms with Gasteiger partial charge in [-0.1, -0.05) is 49.6 Å². The first-order valence-corrected chi connectivity index (χ1v) is 11.3. The monoisotopic (exact) mass is 366 g/mol. The van der Waals surface area contributed by atoms with Crippen molar-refractivity contribution < 1.29 is 13.2 Å². The molecule has 1 aliphatic heterocycles. The van der Waals surface area contributed by atoms with E-state index in [1.807, 2.05) is 66.7 Å². The topological polar surface area (TPSA) is 43.4 Å². The van der Waals surface area contributed by atoms with E-state index >= 15 is 0 Å². The molecule has 0 fully saturated rings. The number of benzene rings is 3. The first-order valence-electron chi connectivity index (χ1n) is 7.88. The van der Waals surface area contributed by atoms with Gasteiger partial charge in [0.1, 0.15) is 6.28 Å². The Bertz CT molecular complexity index is 1040. The molecule has 0 amide bonds. The van der Waals surface area contributed by atoms with Gasteiger partial charge in [0.15, 0.2) is 5.75 Å². The fourth-order valence-corrected chi connectivity index (χ4v) is 11.4. The predicted molar refractivity (Wildman–Crippen MR) is 105 cm³/mol. The fourth-order valence-electron chi connectivity index (χ4n) is 3.42. The van der Waals surface area contributed by atoms with Crippen LogP contribution in [0.15, 0.2) is 83.8 Å². The van der Waals surface area contributed by atoms with Crippen LogP contribution in [-0.2, 0) is 9.69 Å². The highest BCUT2D eigenvalue weighted by atomic mass is 32.2. The molecule has 0 N–H and O–H groups in total. The van der Waals surface area contributed by atoms with Crippen LogP contribution in [0.2, 0.25) is 0 Å². The number of rotatable bonds is 3. The van der Waals surface area contributed by atoms with Gasteiger partial charge in [0, 0.05) is 9.69 Å². The van der Waals surface area contributed by atoms with Crippen molar-refractivity contribution in [3.8, 4) is 5.75 Å². The summed E-state index contributed by atoms with van der Waals surface area (Å²) in [6.45, 7) is 0. The average molecular weight is 366 g/mol. The van der Waals surface area contributed by atoms with Gasteiger partial charge in [0.25, 0.3) is 0 Å². The summed E-state index contributed by atoms with van der Waals surface area (Å²) in [5.41, 5.74) is 0. The highest BCUT2D eigenvalue weighted by molar-refractivity contribution is 8.44. The molecule has 3 nitrogen and oxygen atoms in total. The molecule has 0 saturated carbocycles. The molecule has 1 unspecified atom stereocenters. The summed E-state index contributed by atoms with van der Waals surface area (Å²) in [4.78, 5) is 0.401. The van der Waals surface area contributed by atoms with Gasteiger partial charge in [-0.3, -0.25) is 8.42 Å². The second kappa shape index (κ2) is 6.01. The SMILES string of the molecule is COc1ccccc1[P+]1(c2ccccc2)[B-]S(=O)(=O)c2ccccc21. The van der Waals surface area contributed by atoms with Crippen LogP contribution >= 0.6 is 7.14 Å². The Morgan fingerprint density at radius 1 is 0.800 bits per heavy atom. The Balaban J connectivity index is 2.14. The Morgan fingerprint density at radius 2 is 1.40 bits per heavy atom. The first kappa shape index (κ1) is 16.4. The number of hydrogen-bond donors (Lipinski definition) is 0. The normalized spacial score (nSPS) is 20.8. The van der Waals surface area contributed by atoms with E-state index in [2.05, 4.69) is 0 Å². The van der Waals surface area contributed by atoms with Crippen molar-refractivity contribution in [3.63, 3.8) is 0 Å². The summed E-state index contributed by atoms with van der Waals surface area (Å²) in [5.74, 6) is 0.711. The molecule has 4 rings (SSSR count). The molecule has 1 atom stereocenters. The Labute approximate surface area is 149 Å². The van der Waals surface area contributed by atoms with E-state index in [4.69, 9.17) is 4.74 Å². The summed E-state index contributed by atoms with van der Waals surface area (Å²) in [5, 5.41) is 2.80. The van der Waals surface area contributed by atoms with Crippen molar-refractivity contribution in [3.05, 3.63) is 78.9 Å². The average Bonchev–Trinajstić information content (AvgIpc) is 2.91. The predicted octanol–water partition coefficient (Wildman–Crippen LogP) is 2.31. The summed E-state index contributed by atoms with van der Waals surface area (Å²) in [6.07, 6.45) is 1.57. The number of hydrogen-bond acceptors (Lipinski definition) is 3. The van der Waals surface area contributed by atoms with E-state index in [0.29, 0.717) is 10.6 Å². The number of fused-ring (bicyclic) bond motifs is 1. The van der Waals surface area contributed by atoms with Crippen molar-refractivity contribution in [1.82, 2.24) is 0 Å². The van der Waals surface area contributed by atoms with E-state index in [0.717, 1.165) is 15.9 Å². The first-order chi connectivity index (χ1) is 12.1. The van der Waals surface area contributed by atoms with Gasteiger partial charge in [0.2, 0.25) is 0 Å². The maximum Gasteiger partial charge on any atom is 0.157 e. The summed E-state index contributed by atoms with van der Waals surface area (Å²) >= 11 is 0. The molecule has 0 saturated heterocycles. The van der Waals surface area contributed by atoms with Gasteiger partial charge < -0.3 is 4.74 Å². The van der Waals surface area contributed by atoms with Crippen LogP contribution in [0.5, 0.6) is 5.75 Å². The molecule has 25 heavy (non-hydrogen) atoms. The zero-order valence-corrected chi connectivity index (χ0v) is 15.4. The van der Waals surface area contributed by atoms with Crippen LogP contribution in [0.25, 0.3) is 0 Å². The summed E-state index contributed by atoms with van der Waals surface area (Å²) in [6, 6.07) is 24.9. The Hall–Kier alpha value is -2.10. The maximum absolute atomic E-state index is 12.9. The molecule has 2 radical (unpaired) electrons.